The Morgan fingerprint density at radius 3 is 2.78 bits per heavy atom. The summed E-state index contributed by atoms with van der Waals surface area (Å²) < 4.78 is 13.8. The number of carbonyl (C=O) groups excluding carboxylic acids is 4. The fraction of sp³-hybridized carbons (Fsp3) is 0.217. The maximum absolute atomic E-state index is 13.8. The monoisotopic (exact) mass is 455 g/mol. The molecule has 1 fully saturated rings. The highest BCUT2D eigenvalue weighted by Gasteiger charge is 2.30. The van der Waals surface area contributed by atoms with Gasteiger partial charge in [-0.3, -0.25) is 29.4 Å². The standard InChI is InChI=1S/C23H19ClFN3O4/c1-28(20-7-9-22(31)27-23(20)32)12-16-10-18(6-3-15(16)13-29)26-21(30)8-4-14-2-5-17(24)11-19(14)25/h2-3,5-6,10-11,13,20H,7,9,12H2,1H3,(H,26,30)(H,27,31,32). The summed E-state index contributed by atoms with van der Waals surface area (Å²) in [4.78, 5) is 48.8. The van der Waals surface area contributed by atoms with Crippen LogP contribution in [0.1, 0.15) is 34.3 Å². The minimum Gasteiger partial charge on any atom is -0.315 e. The van der Waals surface area contributed by atoms with Gasteiger partial charge < -0.3 is 5.32 Å². The fourth-order valence-corrected chi connectivity index (χ4v) is 3.45. The number of hydrogen-bond donors (Lipinski definition) is 2. The second-order valence-corrected chi connectivity index (χ2v) is 7.68. The lowest BCUT2D eigenvalue weighted by molar-refractivity contribution is -0.137. The molecule has 164 valence electrons. The van der Waals surface area contributed by atoms with Gasteiger partial charge in [-0.2, -0.15) is 0 Å². The molecule has 0 aromatic heterocycles. The second-order valence-electron chi connectivity index (χ2n) is 7.24. The molecule has 1 aliphatic heterocycles. The van der Waals surface area contributed by atoms with Crippen LogP contribution in [-0.4, -0.2) is 42.0 Å². The van der Waals surface area contributed by atoms with Gasteiger partial charge in [0.05, 0.1) is 11.6 Å². The molecule has 2 aromatic rings. The molecular formula is C23H19ClFN3O4. The summed E-state index contributed by atoms with van der Waals surface area (Å²) in [5.74, 6) is 2.77. The maximum Gasteiger partial charge on any atom is 0.300 e. The summed E-state index contributed by atoms with van der Waals surface area (Å²) in [5, 5.41) is 5.11. The zero-order chi connectivity index (χ0) is 23.3. The van der Waals surface area contributed by atoms with Gasteiger partial charge in [0.25, 0.3) is 0 Å². The number of rotatable bonds is 5. The predicted octanol–water partition coefficient (Wildman–Crippen LogP) is 2.52. The molecule has 32 heavy (non-hydrogen) atoms. The Morgan fingerprint density at radius 1 is 1.31 bits per heavy atom. The Labute approximate surface area is 188 Å². The number of piperidine rings is 1. The minimum absolute atomic E-state index is 0.0346. The van der Waals surface area contributed by atoms with Gasteiger partial charge in [-0.25, -0.2) is 4.39 Å². The van der Waals surface area contributed by atoms with Crippen LogP contribution in [0.5, 0.6) is 0 Å². The molecule has 1 atom stereocenters. The fourth-order valence-electron chi connectivity index (χ4n) is 3.29. The molecule has 0 bridgehead atoms. The van der Waals surface area contributed by atoms with Crippen LogP contribution in [0.2, 0.25) is 5.02 Å². The van der Waals surface area contributed by atoms with E-state index in [1.54, 1.807) is 30.1 Å². The van der Waals surface area contributed by atoms with Crippen molar-refractivity contribution in [1.29, 1.82) is 0 Å². The number of carbonyl (C=O) groups is 4. The van der Waals surface area contributed by atoms with Crippen LogP contribution in [0.3, 0.4) is 0 Å². The highest BCUT2D eigenvalue weighted by Crippen LogP contribution is 2.20. The molecule has 0 saturated carbocycles. The smallest absolute Gasteiger partial charge is 0.300 e. The third-order valence-electron chi connectivity index (χ3n) is 4.93. The molecule has 3 rings (SSSR count). The quantitative estimate of drug-likeness (QED) is 0.410. The minimum atomic E-state index is -0.664. The van der Waals surface area contributed by atoms with Crippen molar-refractivity contribution in [2.24, 2.45) is 0 Å². The van der Waals surface area contributed by atoms with E-state index >= 15 is 0 Å². The van der Waals surface area contributed by atoms with Crippen LogP contribution in [0, 0.1) is 17.7 Å². The van der Waals surface area contributed by atoms with Crippen LogP contribution in [0.4, 0.5) is 10.1 Å². The summed E-state index contributed by atoms with van der Waals surface area (Å²) in [5.41, 5.74) is 1.41. The number of nitrogens with zero attached hydrogens (tertiary/aromatic N) is 1. The normalized spacial score (nSPS) is 15.6. The van der Waals surface area contributed by atoms with Crippen molar-refractivity contribution in [1.82, 2.24) is 10.2 Å². The molecule has 0 aliphatic carbocycles. The highest BCUT2D eigenvalue weighted by molar-refractivity contribution is 6.30. The lowest BCUT2D eigenvalue weighted by atomic mass is 10.0. The van der Waals surface area contributed by atoms with Crippen molar-refractivity contribution in [3.63, 3.8) is 0 Å². The number of aldehydes is 1. The van der Waals surface area contributed by atoms with Gasteiger partial charge in [-0.15, -0.1) is 0 Å². The average molecular weight is 456 g/mol. The van der Waals surface area contributed by atoms with Crippen molar-refractivity contribution in [2.75, 3.05) is 12.4 Å². The summed E-state index contributed by atoms with van der Waals surface area (Å²) in [6, 6.07) is 8.13. The maximum atomic E-state index is 13.8. The molecule has 9 heteroatoms. The number of benzene rings is 2. The molecule has 7 nitrogen and oxygen atoms in total. The highest BCUT2D eigenvalue weighted by atomic mass is 35.5. The van der Waals surface area contributed by atoms with Crippen molar-refractivity contribution < 1.29 is 23.6 Å². The Hall–Kier alpha value is -3.54. The van der Waals surface area contributed by atoms with Gasteiger partial charge in [0.1, 0.15) is 12.1 Å². The van der Waals surface area contributed by atoms with Crippen molar-refractivity contribution in [2.45, 2.75) is 25.4 Å². The lowest BCUT2D eigenvalue weighted by Crippen LogP contribution is -2.51. The number of likely N-dealkylation sites (N-methyl/N-ethyl adjacent to an activating group) is 1. The average Bonchev–Trinajstić information content (AvgIpc) is 2.73. The molecule has 2 N–H and O–H groups in total. The van der Waals surface area contributed by atoms with Crippen LogP contribution >= 0.6 is 11.6 Å². The number of amides is 3. The van der Waals surface area contributed by atoms with E-state index < -0.39 is 17.8 Å². The summed E-state index contributed by atoms with van der Waals surface area (Å²) in [6.45, 7) is 0.242. The number of hydrogen-bond acceptors (Lipinski definition) is 5. The molecular weight excluding hydrogens is 437 g/mol. The van der Waals surface area contributed by atoms with Crippen molar-refractivity contribution >= 4 is 41.3 Å². The summed E-state index contributed by atoms with van der Waals surface area (Å²) in [7, 11) is 1.71. The van der Waals surface area contributed by atoms with E-state index in [9.17, 15) is 23.6 Å². The van der Waals surface area contributed by atoms with Gasteiger partial charge in [-0.1, -0.05) is 17.5 Å². The van der Waals surface area contributed by atoms with Crippen molar-refractivity contribution in [3.8, 4) is 11.8 Å². The molecule has 2 aromatic carbocycles. The Kier molecular flexibility index (Phi) is 7.36. The largest absolute Gasteiger partial charge is 0.315 e. The number of halogens is 2. The molecule has 3 amide bonds. The van der Waals surface area contributed by atoms with Gasteiger partial charge in [-0.05, 0) is 55.4 Å². The molecule has 0 spiro atoms. The molecule has 1 heterocycles. The summed E-state index contributed by atoms with van der Waals surface area (Å²) >= 11 is 5.69. The first kappa shape index (κ1) is 23.1. The van der Waals surface area contributed by atoms with E-state index in [2.05, 4.69) is 22.5 Å². The van der Waals surface area contributed by atoms with Crippen LogP contribution < -0.4 is 10.6 Å². The lowest BCUT2D eigenvalue weighted by Gasteiger charge is -2.30. The predicted molar refractivity (Wildman–Crippen MR) is 116 cm³/mol. The third kappa shape index (κ3) is 5.78. The second kappa shape index (κ2) is 10.2. The van der Waals surface area contributed by atoms with Crippen molar-refractivity contribution in [3.05, 3.63) is 63.9 Å². The van der Waals surface area contributed by atoms with Gasteiger partial charge in [0, 0.05) is 35.2 Å². The van der Waals surface area contributed by atoms with Gasteiger partial charge >= 0.3 is 5.91 Å². The summed E-state index contributed by atoms with van der Waals surface area (Å²) in [6.07, 6.45) is 1.30. The first-order valence-electron chi connectivity index (χ1n) is 9.67. The van der Waals surface area contributed by atoms with Gasteiger partial charge in [0.15, 0.2) is 0 Å². The number of imide groups is 1. The Balaban J connectivity index is 1.72. The molecule has 0 radical (unpaired) electrons. The van der Waals surface area contributed by atoms with E-state index in [-0.39, 0.29) is 35.4 Å². The van der Waals surface area contributed by atoms with Gasteiger partial charge in [0.2, 0.25) is 11.8 Å². The third-order valence-corrected chi connectivity index (χ3v) is 5.17. The van der Waals surface area contributed by atoms with Crippen LogP contribution in [-0.2, 0) is 20.9 Å². The van der Waals surface area contributed by atoms with E-state index in [0.717, 1.165) is 6.07 Å². The van der Waals surface area contributed by atoms with E-state index in [4.69, 9.17) is 11.6 Å². The number of nitrogens with one attached hydrogen (secondary N) is 2. The van der Waals surface area contributed by atoms with E-state index in [0.29, 0.717) is 29.5 Å². The van der Waals surface area contributed by atoms with E-state index in [1.807, 2.05) is 0 Å². The topological polar surface area (TPSA) is 95.6 Å². The van der Waals surface area contributed by atoms with Crippen LogP contribution in [0.25, 0.3) is 0 Å². The first-order valence-corrected chi connectivity index (χ1v) is 10.0. The number of anilines is 1. The Bertz CT molecular complexity index is 1160. The first-order chi connectivity index (χ1) is 15.3. The van der Waals surface area contributed by atoms with E-state index in [1.165, 1.54) is 12.1 Å². The Morgan fingerprint density at radius 2 is 2.09 bits per heavy atom. The molecule has 1 saturated heterocycles. The zero-order valence-electron chi connectivity index (χ0n) is 17.1. The molecule has 1 unspecified atom stereocenters. The molecule has 1 aliphatic rings. The SMILES string of the molecule is CN(Cc1cc(NC(=O)C#Cc2ccc(Cl)cc2F)ccc1C=O)C1CCC(=O)NC1=O. The van der Waals surface area contributed by atoms with Crippen LogP contribution in [0.15, 0.2) is 36.4 Å². The zero-order valence-corrected chi connectivity index (χ0v) is 17.8.